The van der Waals surface area contributed by atoms with Gasteiger partial charge in [0, 0.05) is 23.5 Å². The molecule has 3 aliphatic rings. The molecule has 0 saturated carbocycles. The van der Waals surface area contributed by atoms with E-state index in [1.807, 2.05) is 62.1 Å². The highest BCUT2D eigenvalue weighted by Crippen LogP contribution is 2.44. The number of ether oxygens (including phenoxy) is 3. The first-order chi connectivity index (χ1) is 30.0. The quantitative estimate of drug-likeness (QED) is 0.113. The molecule has 62 heavy (non-hydrogen) atoms. The Morgan fingerprint density at radius 2 is 1.63 bits per heavy atom. The van der Waals surface area contributed by atoms with E-state index in [0.717, 1.165) is 81.2 Å². The highest BCUT2D eigenvalue weighted by atomic mass is 16.5. The van der Waals surface area contributed by atoms with Crippen molar-refractivity contribution in [3.63, 3.8) is 0 Å². The molecule has 320 valence electrons. The second-order valence-corrected chi connectivity index (χ2v) is 16.7. The molecule has 2 fully saturated rings. The summed E-state index contributed by atoms with van der Waals surface area (Å²) in [7, 11) is 2.57. The van der Waals surface area contributed by atoms with Crippen molar-refractivity contribution >= 4 is 45.8 Å². The van der Waals surface area contributed by atoms with Gasteiger partial charge in [0.1, 0.15) is 36.1 Å². The average Bonchev–Trinajstić information content (AvgIpc) is 4.12. The van der Waals surface area contributed by atoms with Gasteiger partial charge in [-0.3, -0.25) is 9.59 Å². The third-order valence-corrected chi connectivity index (χ3v) is 12.6. The molecule has 15 nitrogen and oxygen atoms in total. The zero-order chi connectivity index (χ0) is 43.2. The number of fused-ring (bicyclic) bond motifs is 6. The molecule has 1 unspecified atom stereocenters. The van der Waals surface area contributed by atoms with Crippen LogP contribution in [0, 0.1) is 5.92 Å². The lowest BCUT2D eigenvalue weighted by molar-refractivity contribution is -0.137. The average molecular weight is 839 g/mol. The number of nitrogens with zero attached hydrogens (tertiary/aromatic N) is 4. The summed E-state index contributed by atoms with van der Waals surface area (Å²) in [6.45, 7) is 6.76. The fraction of sp³-hybridized carbons (Fsp3) is 0.362. The van der Waals surface area contributed by atoms with Crippen LogP contribution >= 0.6 is 0 Å². The number of hydrogen-bond donors (Lipinski definition) is 4. The standard InChI is InChI=1S/C47H50N8O7/c1-25(2)39(52-46(58)60-4)45(57)55-26(3)13-18-37(55)43-49-34-17-15-28-21-33-31-16-14-29(20-30(31)24-62-38(33)22-32(28)41(34)51-43)35-23-48-42(50-35)36-12-9-19-54(36)44(56)40(53-47(59)61-5)27-10-7-6-8-11-27/h6-8,10-11,14-17,20-23,25-26,36-37,39-40H,9,12-13,18-19,24H2,1-5H3,(H,48,50)(H,49,51)(H,52,58)(H,53,59)/t26?,36-,37-,39-,40+/m0/s1. The van der Waals surface area contributed by atoms with Gasteiger partial charge in [0.2, 0.25) is 5.91 Å². The van der Waals surface area contributed by atoms with E-state index >= 15 is 0 Å². The van der Waals surface area contributed by atoms with Crippen molar-refractivity contribution in [2.45, 2.75) is 83.3 Å². The molecule has 15 heteroatoms. The number of nitrogens with one attached hydrogen (secondary N) is 4. The Balaban J connectivity index is 0.961. The first kappa shape index (κ1) is 40.5. The zero-order valence-electron chi connectivity index (χ0n) is 35.4. The topological polar surface area (TPSA) is 184 Å². The maximum atomic E-state index is 14.0. The van der Waals surface area contributed by atoms with E-state index in [2.05, 4.69) is 57.0 Å². The molecule has 4 amide bonds. The number of methoxy groups -OCH3 is 2. The molecule has 2 aromatic heterocycles. The predicted molar refractivity (Wildman–Crippen MR) is 232 cm³/mol. The number of H-pyrrole nitrogens is 2. The van der Waals surface area contributed by atoms with Crippen LogP contribution in [0.4, 0.5) is 9.59 Å². The van der Waals surface area contributed by atoms with Crippen LogP contribution in [-0.2, 0) is 25.7 Å². The summed E-state index contributed by atoms with van der Waals surface area (Å²) in [6.07, 6.45) is 3.59. The number of hydrogen-bond acceptors (Lipinski definition) is 9. The summed E-state index contributed by atoms with van der Waals surface area (Å²) in [4.78, 5) is 73.0. The van der Waals surface area contributed by atoms with E-state index in [9.17, 15) is 19.2 Å². The highest BCUT2D eigenvalue weighted by molar-refractivity contribution is 6.07. The van der Waals surface area contributed by atoms with Crippen molar-refractivity contribution in [2.75, 3.05) is 20.8 Å². The fourth-order valence-electron chi connectivity index (χ4n) is 9.36. The number of aromatic amines is 2. The molecule has 0 aliphatic carbocycles. The van der Waals surface area contributed by atoms with Gasteiger partial charge >= 0.3 is 12.2 Å². The van der Waals surface area contributed by atoms with Crippen LogP contribution in [-0.4, -0.2) is 86.6 Å². The molecule has 0 spiro atoms. The van der Waals surface area contributed by atoms with Gasteiger partial charge in [0.05, 0.1) is 49.2 Å². The maximum absolute atomic E-state index is 14.0. The van der Waals surface area contributed by atoms with Crippen LogP contribution in [0.15, 0.2) is 79.0 Å². The lowest BCUT2D eigenvalue weighted by atomic mass is 9.92. The van der Waals surface area contributed by atoms with Crippen LogP contribution < -0.4 is 15.4 Å². The summed E-state index contributed by atoms with van der Waals surface area (Å²) in [5, 5.41) is 7.41. The molecule has 3 aliphatic heterocycles. The first-order valence-corrected chi connectivity index (χ1v) is 21.2. The van der Waals surface area contributed by atoms with Crippen LogP contribution in [0.3, 0.4) is 0 Å². The number of carbonyl (C=O) groups excluding carboxylic acids is 4. The van der Waals surface area contributed by atoms with E-state index in [1.165, 1.54) is 14.2 Å². The second kappa shape index (κ2) is 16.5. The zero-order valence-corrected chi connectivity index (χ0v) is 35.4. The normalized spacial score (nSPS) is 19.2. The summed E-state index contributed by atoms with van der Waals surface area (Å²) in [5.74, 6) is 1.65. The summed E-state index contributed by atoms with van der Waals surface area (Å²) in [5.41, 5.74) is 7.21. The van der Waals surface area contributed by atoms with Crippen molar-refractivity contribution in [3.8, 4) is 28.1 Å². The number of benzene rings is 4. The van der Waals surface area contributed by atoms with Gasteiger partial charge in [-0.1, -0.05) is 62.4 Å². The van der Waals surface area contributed by atoms with Gasteiger partial charge in [-0.2, -0.15) is 0 Å². The van der Waals surface area contributed by atoms with Gasteiger partial charge in [-0.15, -0.1) is 0 Å². The molecule has 0 radical (unpaired) electrons. The van der Waals surface area contributed by atoms with Crippen molar-refractivity contribution in [2.24, 2.45) is 5.92 Å². The van der Waals surface area contributed by atoms with Crippen molar-refractivity contribution < 1.29 is 33.4 Å². The van der Waals surface area contributed by atoms with Crippen LogP contribution in [0.1, 0.15) is 87.4 Å². The third kappa shape index (κ3) is 7.34. The fourth-order valence-corrected chi connectivity index (χ4v) is 9.36. The third-order valence-electron chi connectivity index (χ3n) is 12.6. The number of carbonyl (C=O) groups is 4. The van der Waals surface area contributed by atoms with Crippen LogP contribution in [0.5, 0.6) is 5.75 Å². The largest absolute Gasteiger partial charge is 0.488 e. The van der Waals surface area contributed by atoms with Gasteiger partial charge in [0.15, 0.2) is 0 Å². The Hall–Kier alpha value is -6.90. The SMILES string of the molecule is COC(=O)N[C@H](C(=O)N1C(C)CC[C@H]1c1nc2c(ccc3cc4c(cc32)OCc2cc(-c3cnc([C@@H]5CCCN5C(=O)[C@H](NC(=O)OC)c5ccccc5)[nH]3)ccc2-4)[nH]1)C(C)C. The van der Waals surface area contributed by atoms with E-state index in [0.29, 0.717) is 30.4 Å². The van der Waals surface area contributed by atoms with E-state index in [-0.39, 0.29) is 35.9 Å². The lowest BCUT2D eigenvalue weighted by Gasteiger charge is -2.32. The molecular formula is C47H50N8O7. The maximum Gasteiger partial charge on any atom is 0.407 e. The molecule has 5 heterocycles. The van der Waals surface area contributed by atoms with Gasteiger partial charge in [-0.05, 0) is 90.4 Å². The Bertz CT molecular complexity index is 2690. The molecule has 0 bridgehead atoms. The Morgan fingerprint density at radius 3 is 2.40 bits per heavy atom. The van der Waals surface area contributed by atoms with Gasteiger partial charge in [0.25, 0.3) is 5.91 Å². The highest BCUT2D eigenvalue weighted by Gasteiger charge is 2.42. The summed E-state index contributed by atoms with van der Waals surface area (Å²) in [6, 6.07) is 21.6. The Labute approximate surface area is 358 Å². The Morgan fingerprint density at radius 1 is 0.839 bits per heavy atom. The second-order valence-electron chi connectivity index (χ2n) is 16.7. The number of aromatic nitrogens is 4. The monoisotopic (exact) mass is 838 g/mol. The van der Waals surface area contributed by atoms with E-state index < -0.39 is 24.3 Å². The van der Waals surface area contributed by atoms with Crippen LogP contribution in [0.25, 0.3) is 44.2 Å². The molecule has 4 aromatic carbocycles. The summed E-state index contributed by atoms with van der Waals surface area (Å²) < 4.78 is 16.1. The molecule has 5 atom stereocenters. The first-order valence-electron chi connectivity index (χ1n) is 21.2. The van der Waals surface area contributed by atoms with E-state index in [1.54, 1.807) is 11.1 Å². The van der Waals surface area contributed by atoms with E-state index in [4.69, 9.17) is 24.2 Å². The molecule has 9 rings (SSSR count). The predicted octanol–water partition coefficient (Wildman–Crippen LogP) is 7.86. The lowest BCUT2D eigenvalue weighted by Crippen LogP contribution is -2.52. The number of amides is 4. The van der Waals surface area contributed by atoms with Crippen molar-refractivity contribution in [3.05, 3.63) is 102 Å². The Kier molecular flexibility index (Phi) is 10.8. The summed E-state index contributed by atoms with van der Waals surface area (Å²) >= 11 is 0. The number of rotatable bonds is 9. The minimum atomic E-state index is -0.895. The molecule has 2 saturated heterocycles. The van der Waals surface area contributed by atoms with Gasteiger partial charge < -0.3 is 44.6 Å². The smallest absolute Gasteiger partial charge is 0.407 e. The molecule has 4 N–H and O–H groups in total. The number of alkyl carbamates (subject to hydrolysis) is 2. The number of imidazole rings is 2. The molecule has 6 aromatic rings. The van der Waals surface area contributed by atoms with Crippen molar-refractivity contribution in [1.82, 2.24) is 40.4 Å². The minimum Gasteiger partial charge on any atom is -0.488 e. The van der Waals surface area contributed by atoms with Crippen molar-refractivity contribution in [1.29, 1.82) is 0 Å². The molecular weight excluding hydrogens is 789 g/mol. The number of likely N-dealkylation sites (tertiary alicyclic amines) is 2. The van der Waals surface area contributed by atoms with Gasteiger partial charge in [-0.25, -0.2) is 19.6 Å². The minimum absolute atomic E-state index is 0.0285. The van der Waals surface area contributed by atoms with Crippen LogP contribution in [0.2, 0.25) is 0 Å².